The standard InChI is InChI=1S/C15H19NO2/c17-15(18)13-8-4-5-9-14(13)16-11-10-12-6-2-1-3-7-12/h4-6,8-9,16H,1-3,7,10-11H2,(H,17,18)/p-1. The number of para-hydroxylation sites is 1. The van der Waals surface area contributed by atoms with Crippen molar-refractivity contribution in [1.82, 2.24) is 0 Å². The summed E-state index contributed by atoms with van der Waals surface area (Å²) in [7, 11) is 0. The first-order chi connectivity index (χ1) is 8.77. The highest BCUT2D eigenvalue weighted by Gasteiger charge is 2.05. The minimum atomic E-state index is -1.13. The molecule has 3 heteroatoms. The Labute approximate surface area is 108 Å². The number of benzene rings is 1. The van der Waals surface area contributed by atoms with Gasteiger partial charge < -0.3 is 15.2 Å². The van der Waals surface area contributed by atoms with E-state index in [-0.39, 0.29) is 5.56 Å². The Morgan fingerprint density at radius 3 is 2.83 bits per heavy atom. The van der Waals surface area contributed by atoms with Gasteiger partial charge in [0.15, 0.2) is 0 Å². The molecule has 0 radical (unpaired) electrons. The van der Waals surface area contributed by atoms with Gasteiger partial charge in [-0.25, -0.2) is 0 Å². The SMILES string of the molecule is O=C([O-])c1ccccc1NCCC1=CCCCC1. The summed E-state index contributed by atoms with van der Waals surface area (Å²) in [5, 5.41) is 14.1. The van der Waals surface area contributed by atoms with Crippen molar-refractivity contribution in [1.29, 1.82) is 0 Å². The summed E-state index contributed by atoms with van der Waals surface area (Å²) in [6.07, 6.45) is 8.25. The van der Waals surface area contributed by atoms with Gasteiger partial charge in [-0.1, -0.05) is 29.8 Å². The highest BCUT2D eigenvalue weighted by molar-refractivity contribution is 5.92. The van der Waals surface area contributed by atoms with Gasteiger partial charge in [-0.15, -0.1) is 0 Å². The normalized spacial score (nSPS) is 15.0. The number of allylic oxidation sites excluding steroid dienone is 1. The van der Waals surface area contributed by atoms with Gasteiger partial charge in [-0.05, 0) is 38.2 Å². The van der Waals surface area contributed by atoms with E-state index in [1.165, 1.54) is 31.3 Å². The number of hydrogen-bond acceptors (Lipinski definition) is 3. The molecule has 1 aromatic carbocycles. The number of carboxylic acid groups (broad SMARTS) is 1. The average molecular weight is 244 g/mol. The molecule has 1 N–H and O–H groups in total. The third-order valence-corrected chi connectivity index (χ3v) is 3.29. The molecule has 0 saturated heterocycles. The van der Waals surface area contributed by atoms with Crippen LogP contribution in [0.2, 0.25) is 0 Å². The lowest BCUT2D eigenvalue weighted by Crippen LogP contribution is -2.23. The van der Waals surface area contributed by atoms with Crippen LogP contribution >= 0.6 is 0 Å². The summed E-state index contributed by atoms with van der Waals surface area (Å²) in [5.74, 6) is -1.13. The molecule has 1 aliphatic rings. The van der Waals surface area contributed by atoms with Gasteiger partial charge in [0.05, 0.1) is 5.97 Å². The lowest BCUT2D eigenvalue weighted by atomic mass is 9.97. The second-order valence-electron chi connectivity index (χ2n) is 4.62. The molecule has 0 unspecified atom stereocenters. The number of carboxylic acids is 1. The summed E-state index contributed by atoms with van der Waals surface area (Å²) >= 11 is 0. The Morgan fingerprint density at radius 1 is 1.28 bits per heavy atom. The molecule has 96 valence electrons. The van der Waals surface area contributed by atoms with Gasteiger partial charge in [0, 0.05) is 17.8 Å². The molecular weight excluding hydrogens is 226 g/mol. The molecule has 0 fully saturated rings. The maximum Gasteiger partial charge on any atom is 0.0736 e. The van der Waals surface area contributed by atoms with Gasteiger partial charge in [0.2, 0.25) is 0 Å². The predicted octanol–water partition coefficient (Wildman–Crippen LogP) is 2.35. The smallest absolute Gasteiger partial charge is 0.0736 e. The van der Waals surface area contributed by atoms with E-state index in [2.05, 4.69) is 11.4 Å². The van der Waals surface area contributed by atoms with E-state index in [4.69, 9.17) is 0 Å². The first kappa shape index (κ1) is 12.7. The Bertz CT molecular complexity index is 452. The van der Waals surface area contributed by atoms with Crippen molar-refractivity contribution < 1.29 is 9.90 Å². The number of carbonyl (C=O) groups is 1. The molecule has 3 nitrogen and oxygen atoms in total. The van der Waals surface area contributed by atoms with E-state index in [0.29, 0.717) is 5.69 Å². The summed E-state index contributed by atoms with van der Waals surface area (Å²) in [6.45, 7) is 0.774. The number of rotatable bonds is 5. The fourth-order valence-electron chi connectivity index (χ4n) is 2.30. The first-order valence-corrected chi connectivity index (χ1v) is 6.49. The van der Waals surface area contributed by atoms with Crippen molar-refractivity contribution in [3.63, 3.8) is 0 Å². The average Bonchev–Trinajstić information content (AvgIpc) is 2.40. The molecular formula is C15H18NO2-. The number of aromatic carboxylic acids is 1. The zero-order valence-electron chi connectivity index (χ0n) is 10.4. The highest BCUT2D eigenvalue weighted by atomic mass is 16.4. The minimum absolute atomic E-state index is 0.232. The van der Waals surface area contributed by atoms with Crippen molar-refractivity contribution >= 4 is 11.7 Å². The van der Waals surface area contributed by atoms with Crippen molar-refractivity contribution in [2.75, 3.05) is 11.9 Å². The third-order valence-electron chi connectivity index (χ3n) is 3.29. The van der Waals surface area contributed by atoms with Crippen LogP contribution in [0.4, 0.5) is 5.69 Å². The Morgan fingerprint density at radius 2 is 2.11 bits per heavy atom. The van der Waals surface area contributed by atoms with Crippen LogP contribution in [0, 0.1) is 0 Å². The van der Waals surface area contributed by atoms with E-state index in [9.17, 15) is 9.90 Å². The minimum Gasteiger partial charge on any atom is -0.545 e. The van der Waals surface area contributed by atoms with E-state index in [1.54, 1.807) is 18.2 Å². The number of anilines is 1. The van der Waals surface area contributed by atoms with Crippen molar-refractivity contribution in [3.05, 3.63) is 41.5 Å². The number of nitrogens with one attached hydrogen (secondary N) is 1. The number of hydrogen-bond donors (Lipinski definition) is 1. The van der Waals surface area contributed by atoms with E-state index in [1.807, 2.05) is 6.07 Å². The lowest BCUT2D eigenvalue weighted by Gasteiger charge is -2.15. The van der Waals surface area contributed by atoms with Gasteiger partial charge >= 0.3 is 0 Å². The van der Waals surface area contributed by atoms with Crippen LogP contribution in [0.1, 0.15) is 42.5 Å². The fourth-order valence-corrected chi connectivity index (χ4v) is 2.30. The van der Waals surface area contributed by atoms with Crippen LogP contribution in [0.25, 0.3) is 0 Å². The monoisotopic (exact) mass is 244 g/mol. The zero-order chi connectivity index (χ0) is 12.8. The van der Waals surface area contributed by atoms with Crippen molar-refractivity contribution in [2.24, 2.45) is 0 Å². The highest BCUT2D eigenvalue weighted by Crippen LogP contribution is 2.20. The molecule has 0 saturated carbocycles. The summed E-state index contributed by atoms with van der Waals surface area (Å²) in [5.41, 5.74) is 2.36. The van der Waals surface area contributed by atoms with Gasteiger partial charge in [0.1, 0.15) is 0 Å². The maximum absolute atomic E-state index is 10.9. The molecule has 0 atom stereocenters. The molecule has 0 bridgehead atoms. The van der Waals surface area contributed by atoms with Crippen LogP contribution in [0.3, 0.4) is 0 Å². The fraction of sp³-hybridized carbons (Fsp3) is 0.400. The maximum atomic E-state index is 10.9. The largest absolute Gasteiger partial charge is 0.545 e. The van der Waals surface area contributed by atoms with Crippen LogP contribution in [0.15, 0.2) is 35.9 Å². The van der Waals surface area contributed by atoms with Gasteiger partial charge in [-0.3, -0.25) is 0 Å². The Balaban J connectivity index is 1.90. The van der Waals surface area contributed by atoms with Crippen molar-refractivity contribution in [2.45, 2.75) is 32.1 Å². The van der Waals surface area contributed by atoms with Gasteiger partial charge in [-0.2, -0.15) is 0 Å². The quantitative estimate of drug-likeness (QED) is 0.809. The Kier molecular flexibility index (Phi) is 4.40. The lowest BCUT2D eigenvalue weighted by molar-refractivity contribution is -0.254. The predicted molar refractivity (Wildman–Crippen MR) is 70.4 cm³/mol. The Hall–Kier alpha value is -1.77. The second kappa shape index (κ2) is 6.24. The van der Waals surface area contributed by atoms with Gasteiger partial charge in [0.25, 0.3) is 0 Å². The second-order valence-corrected chi connectivity index (χ2v) is 4.62. The number of carbonyl (C=O) groups excluding carboxylic acids is 1. The van der Waals surface area contributed by atoms with E-state index in [0.717, 1.165) is 13.0 Å². The summed E-state index contributed by atoms with van der Waals surface area (Å²) in [6, 6.07) is 6.88. The van der Waals surface area contributed by atoms with E-state index < -0.39 is 5.97 Å². The first-order valence-electron chi connectivity index (χ1n) is 6.49. The zero-order valence-corrected chi connectivity index (χ0v) is 10.4. The molecule has 0 amide bonds. The van der Waals surface area contributed by atoms with Crippen molar-refractivity contribution in [3.8, 4) is 0 Å². The van der Waals surface area contributed by atoms with Crippen LogP contribution in [0.5, 0.6) is 0 Å². The third kappa shape index (κ3) is 3.36. The topological polar surface area (TPSA) is 52.2 Å². The van der Waals surface area contributed by atoms with Crippen LogP contribution < -0.4 is 10.4 Å². The van der Waals surface area contributed by atoms with E-state index >= 15 is 0 Å². The molecule has 0 heterocycles. The molecule has 0 spiro atoms. The molecule has 1 aromatic rings. The van der Waals surface area contributed by atoms with Crippen LogP contribution in [-0.4, -0.2) is 12.5 Å². The molecule has 0 aromatic heterocycles. The summed E-state index contributed by atoms with van der Waals surface area (Å²) in [4.78, 5) is 10.9. The molecule has 2 rings (SSSR count). The summed E-state index contributed by atoms with van der Waals surface area (Å²) < 4.78 is 0. The van der Waals surface area contributed by atoms with Crippen LogP contribution in [-0.2, 0) is 0 Å². The molecule has 1 aliphatic carbocycles. The molecule has 18 heavy (non-hydrogen) atoms. The molecule has 0 aliphatic heterocycles.